The van der Waals surface area contributed by atoms with Crippen molar-refractivity contribution in [2.45, 2.75) is 13.3 Å². The molecule has 0 spiro atoms. The lowest BCUT2D eigenvalue weighted by Crippen LogP contribution is -1.94. The molecule has 1 nitrogen and oxygen atoms in total. The highest BCUT2D eigenvalue weighted by Gasteiger charge is 1.98. The van der Waals surface area contributed by atoms with Gasteiger partial charge in [-0.2, -0.15) is 0 Å². The quantitative estimate of drug-likeness (QED) is 0.692. The Morgan fingerprint density at radius 3 is 2.82 bits per heavy atom. The minimum Gasteiger partial charge on any atom is -0.388 e. The molecular formula is C9H14FN. The predicted molar refractivity (Wildman–Crippen MR) is 47.4 cm³/mol. The average molecular weight is 155 g/mol. The highest BCUT2D eigenvalue weighted by atomic mass is 19.1. The minimum atomic E-state index is -0.166. The Labute approximate surface area is 67.7 Å². The molecule has 0 aliphatic heterocycles. The normalized spacial score (nSPS) is 9.73. The zero-order valence-corrected chi connectivity index (χ0v) is 6.82. The van der Waals surface area contributed by atoms with Crippen molar-refractivity contribution < 1.29 is 5.82 Å². The van der Waals surface area contributed by atoms with E-state index in [1.807, 2.05) is 14.0 Å². The van der Waals surface area contributed by atoms with Crippen molar-refractivity contribution in [3.8, 4) is 0 Å². The van der Waals surface area contributed by atoms with Crippen molar-refractivity contribution in [1.82, 2.24) is 0 Å². The van der Waals surface area contributed by atoms with Gasteiger partial charge in [0.2, 0.25) is 0 Å². The third-order valence-electron chi connectivity index (χ3n) is 1.72. The van der Waals surface area contributed by atoms with Crippen LogP contribution in [0.2, 0.25) is 0 Å². The average Bonchev–Trinajstić information content (AvgIpc) is 2.04. The molecule has 0 saturated heterocycles. The van der Waals surface area contributed by atoms with Gasteiger partial charge in [0.05, 0.1) is 0 Å². The third kappa shape index (κ3) is 1.70. The second-order valence-electron chi connectivity index (χ2n) is 2.41. The van der Waals surface area contributed by atoms with Gasteiger partial charge < -0.3 is 5.32 Å². The first kappa shape index (κ1) is 8.05. The number of nitrogens with one attached hydrogen (secondary N) is 1. The van der Waals surface area contributed by atoms with Gasteiger partial charge in [-0.05, 0) is 30.2 Å². The molecule has 0 aromatic heterocycles. The van der Waals surface area contributed by atoms with Crippen LogP contribution in [0, 0.1) is 5.82 Å². The van der Waals surface area contributed by atoms with E-state index in [1.165, 1.54) is 6.07 Å². The van der Waals surface area contributed by atoms with Crippen LogP contribution in [0.25, 0.3) is 0 Å². The standard InChI is InChI=1S/C9H12FN.H2/c1-3-7-6-8(10)4-5-9(7)11-2;/h4-6,11H,3H2,1-2H3;1H. The van der Waals surface area contributed by atoms with E-state index in [0.717, 1.165) is 17.7 Å². The molecule has 0 saturated carbocycles. The molecule has 1 aromatic carbocycles. The molecule has 11 heavy (non-hydrogen) atoms. The van der Waals surface area contributed by atoms with Crippen molar-refractivity contribution in [1.29, 1.82) is 0 Å². The molecule has 0 aliphatic rings. The summed E-state index contributed by atoms with van der Waals surface area (Å²) in [5.41, 5.74) is 2.03. The van der Waals surface area contributed by atoms with Crippen LogP contribution in [0.1, 0.15) is 13.9 Å². The summed E-state index contributed by atoms with van der Waals surface area (Å²) in [6.07, 6.45) is 0.855. The summed E-state index contributed by atoms with van der Waals surface area (Å²) in [4.78, 5) is 0. The van der Waals surface area contributed by atoms with Crippen LogP contribution in [0.4, 0.5) is 10.1 Å². The Balaban J connectivity index is 0.00000121. The largest absolute Gasteiger partial charge is 0.388 e. The van der Waals surface area contributed by atoms with E-state index in [2.05, 4.69) is 5.32 Å². The first-order chi connectivity index (χ1) is 5.27. The molecule has 0 radical (unpaired) electrons. The Kier molecular flexibility index (Phi) is 2.47. The van der Waals surface area contributed by atoms with E-state index >= 15 is 0 Å². The predicted octanol–water partition coefficient (Wildman–Crippen LogP) is 2.68. The molecule has 2 heteroatoms. The Morgan fingerprint density at radius 2 is 2.27 bits per heavy atom. The summed E-state index contributed by atoms with van der Waals surface area (Å²) in [5.74, 6) is -0.166. The summed E-state index contributed by atoms with van der Waals surface area (Å²) in [5, 5.41) is 3.01. The van der Waals surface area contributed by atoms with Gasteiger partial charge in [-0.25, -0.2) is 4.39 Å². The van der Waals surface area contributed by atoms with Crippen molar-refractivity contribution in [2.75, 3.05) is 12.4 Å². The van der Waals surface area contributed by atoms with Crippen LogP contribution in [0.5, 0.6) is 0 Å². The van der Waals surface area contributed by atoms with E-state index in [1.54, 1.807) is 12.1 Å². The number of halogens is 1. The molecule has 0 amide bonds. The smallest absolute Gasteiger partial charge is 0.123 e. The van der Waals surface area contributed by atoms with Crippen molar-refractivity contribution in [3.05, 3.63) is 29.6 Å². The highest BCUT2D eigenvalue weighted by Crippen LogP contribution is 2.16. The number of rotatable bonds is 2. The fourth-order valence-electron chi connectivity index (χ4n) is 1.10. The number of anilines is 1. The minimum absolute atomic E-state index is 0. The van der Waals surface area contributed by atoms with Crippen LogP contribution < -0.4 is 5.32 Å². The summed E-state index contributed by atoms with van der Waals surface area (Å²) in [6.45, 7) is 2.01. The molecule has 0 aliphatic carbocycles. The van der Waals surface area contributed by atoms with Gasteiger partial charge >= 0.3 is 0 Å². The maximum Gasteiger partial charge on any atom is 0.123 e. The SMILES string of the molecule is CCc1cc(F)ccc1NC.[HH]. The molecule has 1 aromatic rings. The maximum atomic E-state index is 12.6. The van der Waals surface area contributed by atoms with E-state index in [4.69, 9.17) is 0 Å². The van der Waals surface area contributed by atoms with Crippen molar-refractivity contribution >= 4 is 5.69 Å². The molecule has 62 valence electrons. The first-order valence-corrected chi connectivity index (χ1v) is 3.74. The zero-order chi connectivity index (χ0) is 8.27. The lowest BCUT2D eigenvalue weighted by molar-refractivity contribution is 0.626. The molecular weight excluding hydrogens is 141 g/mol. The lowest BCUT2D eigenvalue weighted by atomic mass is 10.1. The van der Waals surface area contributed by atoms with E-state index in [0.29, 0.717) is 0 Å². The van der Waals surface area contributed by atoms with Crippen molar-refractivity contribution in [2.24, 2.45) is 0 Å². The molecule has 1 rings (SSSR count). The molecule has 0 bridgehead atoms. The summed E-state index contributed by atoms with van der Waals surface area (Å²) in [6, 6.07) is 4.78. The van der Waals surface area contributed by atoms with Crippen molar-refractivity contribution in [3.63, 3.8) is 0 Å². The monoisotopic (exact) mass is 155 g/mol. The third-order valence-corrected chi connectivity index (χ3v) is 1.72. The van der Waals surface area contributed by atoms with Gasteiger partial charge in [0, 0.05) is 14.2 Å². The zero-order valence-electron chi connectivity index (χ0n) is 6.82. The highest BCUT2D eigenvalue weighted by molar-refractivity contribution is 5.50. The summed E-state index contributed by atoms with van der Waals surface area (Å²) in [7, 11) is 1.84. The first-order valence-electron chi connectivity index (χ1n) is 3.74. The second-order valence-corrected chi connectivity index (χ2v) is 2.41. The summed E-state index contributed by atoms with van der Waals surface area (Å²) >= 11 is 0. The van der Waals surface area contributed by atoms with Gasteiger partial charge in [-0.1, -0.05) is 6.92 Å². The topological polar surface area (TPSA) is 12.0 Å². The number of hydrogen-bond donors (Lipinski definition) is 1. The van der Waals surface area contributed by atoms with Gasteiger partial charge in [0.15, 0.2) is 0 Å². The molecule has 0 fully saturated rings. The van der Waals surface area contributed by atoms with E-state index in [-0.39, 0.29) is 7.24 Å². The fourth-order valence-corrected chi connectivity index (χ4v) is 1.10. The van der Waals surface area contributed by atoms with Gasteiger partial charge in [0.1, 0.15) is 5.82 Å². The van der Waals surface area contributed by atoms with Crippen LogP contribution in [0.15, 0.2) is 18.2 Å². The van der Waals surface area contributed by atoms with Gasteiger partial charge in [-0.15, -0.1) is 0 Å². The van der Waals surface area contributed by atoms with Crippen LogP contribution in [-0.2, 0) is 6.42 Å². The van der Waals surface area contributed by atoms with E-state index in [9.17, 15) is 4.39 Å². The van der Waals surface area contributed by atoms with E-state index < -0.39 is 0 Å². The molecule has 0 atom stereocenters. The maximum absolute atomic E-state index is 12.6. The molecule has 1 N–H and O–H groups in total. The second kappa shape index (κ2) is 3.37. The Morgan fingerprint density at radius 1 is 1.55 bits per heavy atom. The molecule has 0 unspecified atom stereocenters. The van der Waals surface area contributed by atoms with Crippen LogP contribution in [-0.4, -0.2) is 7.05 Å². The Bertz CT molecular complexity index is 250. The van der Waals surface area contributed by atoms with Crippen LogP contribution in [0.3, 0.4) is 0 Å². The summed E-state index contributed by atoms with van der Waals surface area (Å²) < 4.78 is 12.6. The number of benzene rings is 1. The van der Waals surface area contributed by atoms with Gasteiger partial charge in [-0.3, -0.25) is 0 Å². The number of hydrogen-bond acceptors (Lipinski definition) is 1. The van der Waals surface area contributed by atoms with Gasteiger partial charge in [0.25, 0.3) is 0 Å². The fraction of sp³-hybridized carbons (Fsp3) is 0.333. The number of aryl methyl sites for hydroxylation is 1. The Hall–Kier alpha value is -1.05. The lowest BCUT2D eigenvalue weighted by Gasteiger charge is -2.05. The molecule has 0 heterocycles. The van der Waals surface area contributed by atoms with Crippen LogP contribution >= 0.6 is 0 Å².